The van der Waals surface area contributed by atoms with E-state index < -0.39 is 23.1 Å². The minimum absolute atomic E-state index is 0.0616. The van der Waals surface area contributed by atoms with Gasteiger partial charge in [0.25, 0.3) is 5.91 Å². The Bertz CT molecular complexity index is 399. The van der Waals surface area contributed by atoms with Gasteiger partial charge >= 0.3 is 0 Å². The standard InChI is InChI=1S/C12H13F2NO/c1-8-4-3-7-15(8)12(16)11-9(13)5-2-6-10(11)14/h2,5-6,8H,3-4,7H2,1H3. The Morgan fingerprint density at radius 1 is 1.38 bits per heavy atom. The Balaban J connectivity index is 2.33. The van der Waals surface area contributed by atoms with Gasteiger partial charge in [0.1, 0.15) is 17.2 Å². The first-order valence-corrected chi connectivity index (χ1v) is 5.36. The molecule has 0 aliphatic carbocycles. The predicted molar refractivity (Wildman–Crippen MR) is 56.1 cm³/mol. The molecule has 0 saturated carbocycles. The third-order valence-electron chi connectivity index (χ3n) is 2.99. The van der Waals surface area contributed by atoms with E-state index in [0.29, 0.717) is 6.54 Å². The number of nitrogens with zero attached hydrogens (tertiary/aromatic N) is 1. The van der Waals surface area contributed by atoms with Gasteiger partial charge < -0.3 is 4.90 Å². The van der Waals surface area contributed by atoms with E-state index in [1.165, 1.54) is 11.0 Å². The summed E-state index contributed by atoms with van der Waals surface area (Å²) in [5.74, 6) is -2.12. The number of benzene rings is 1. The monoisotopic (exact) mass is 225 g/mol. The van der Waals surface area contributed by atoms with Crippen molar-refractivity contribution in [1.82, 2.24) is 4.90 Å². The zero-order valence-electron chi connectivity index (χ0n) is 9.04. The molecular weight excluding hydrogens is 212 g/mol. The summed E-state index contributed by atoms with van der Waals surface area (Å²) in [5.41, 5.74) is -0.434. The maximum atomic E-state index is 13.4. The SMILES string of the molecule is CC1CCCN1C(=O)c1c(F)cccc1F. The molecule has 86 valence electrons. The summed E-state index contributed by atoms with van der Waals surface area (Å²) in [6, 6.07) is 3.54. The summed E-state index contributed by atoms with van der Waals surface area (Å²) in [6.07, 6.45) is 1.78. The number of carbonyl (C=O) groups excluding carboxylic acids is 1. The van der Waals surface area contributed by atoms with E-state index in [4.69, 9.17) is 0 Å². The van der Waals surface area contributed by atoms with E-state index in [2.05, 4.69) is 0 Å². The molecular formula is C12H13F2NO. The fourth-order valence-electron chi connectivity index (χ4n) is 2.08. The Labute approximate surface area is 92.9 Å². The third kappa shape index (κ3) is 1.79. The van der Waals surface area contributed by atoms with Crippen molar-refractivity contribution in [2.75, 3.05) is 6.54 Å². The first-order chi connectivity index (χ1) is 7.61. The average molecular weight is 225 g/mol. The molecule has 0 radical (unpaired) electrons. The highest BCUT2D eigenvalue weighted by Gasteiger charge is 2.29. The van der Waals surface area contributed by atoms with Crippen molar-refractivity contribution in [3.8, 4) is 0 Å². The molecule has 2 rings (SSSR count). The lowest BCUT2D eigenvalue weighted by molar-refractivity contribution is 0.0737. The molecule has 4 heteroatoms. The molecule has 1 atom stereocenters. The van der Waals surface area contributed by atoms with Gasteiger partial charge in [-0.2, -0.15) is 0 Å². The third-order valence-corrected chi connectivity index (χ3v) is 2.99. The summed E-state index contributed by atoms with van der Waals surface area (Å²) in [5, 5.41) is 0. The van der Waals surface area contributed by atoms with Gasteiger partial charge in [0, 0.05) is 12.6 Å². The molecule has 1 heterocycles. The van der Waals surface area contributed by atoms with Crippen LogP contribution in [0.15, 0.2) is 18.2 Å². The minimum Gasteiger partial charge on any atom is -0.336 e. The first kappa shape index (κ1) is 11.0. The zero-order valence-corrected chi connectivity index (χ0v) is 9.04. The molecule has 2 nitrogen and oxygen atoms in total. The number of carbonyl (C=O) groups is 1. The summed E-state index contributed by atoms with van der Waals surface area (Å²) >= 11 is 0. The van der Waals surface area contributed by atoms with Crippen molar-refractivity contribution in [3.63, 3.8) is 0 Å². The van der Waals surface area contributed by atoms with E-state index in [1.807, 2.05) is 6.92 Å². The number of halogens is 2. The van der Waals surface area contributed by atoms with E-state index in [-0.39, 0.29) is 6.04 Å². The number of hydrogen-bond donors (Lipinski definition) is 0. The zero-order chi connectivity index (χ0) is 11.7. The Morgan fingerprint density at radius 2 is 2.00 bits per heavy atom. The lowest BCUT2D eigenvalue weighted by Gasteiger charge is -2.21. The maximum absolute atomic E-state index is 13.4. The van der Waals surface area contributed by atoms with Crippen molar-refractivity contribution < 1.29 is 13.6 Å². The highest BCUT2D eigenvalue weighted by atomic mass is 19.1. The van der Waals surface area contributed by atoms with Crippen LogP contribution in [0.3, 0.4) is 0 Å². The maximum Gasteiger partial charge on any atom is 0.260 e. The van der Waals surface area contributed by atoms with Crippen molar-refractivity contribution in [2.45, 2.75) is 25.8 Å². The van der Waals surface area contributed by atoms with Gasteiger partial charge in [-0.25, -0.2) is 8.78 Å². The topological polar surface area (TPSA) is 20.3 Å². The van der Waals surface area contributed by atoms with Crippen LogP contribution in [0.2, 0.25) is 0 Å². The molecule has 1 saturated heterocycles. The molecule has 0 N–H and O–H groups in total. The Morgan fingerprint density at radius 3 is 2.50 bits per heavy atom. The number of rotatable bonds is 1. The van der Waals surface area contributed by atoms with Crippen LogP contribution >= 0.6 is 0 Å². The van der Waals surface area contributed by atoms with Crippen molar-refractivity contribution >= 4 is 5.91 Å². The van der Waals surface area contributed by atoms with Crippen LogP contribution in [0.5, 0.6) is 0 Å². The number of likely N-dealkylation sites (tertiary alicyclic amines) is 1. The molecule has 0 bridgehead atoms. The fraction of sp³-hybridized carbons (Fsp3) is 0.417. The second-order valence-electron chi connectivity index (χ2n) is 4.09. The normalized spacial score (nSPS) is 20.2. The molecule has 16 heavy (non-hydrogen) atoms. The molecule has 1 aromatic rings. The van der Waals surface area contributed by atoms with E-state index in [1.54, 1.807) is 0 Å². The van der Waals surface area contributed by atoms with E-state index in [0.717, 1.165) is 25.0 Å². The van der Waals surface area contributed by atoms with Gasteiger partial charge in [-0.3, -0.25) is 4.79 Å². The van der Waals surface area contributed by atoms with Gasteiger partial charge in [0.15, 0.2) is 0 Å². The average Bonchev–Trinajstić information content (AvgIpc) is 2.64. The molecule has 0 aromatic heterocycles. The summed E-state index contributed by atoms with van der Waals surface area (Å²) in [6.45, 7) is 2.47. The van der Waals surface area contributed by atoms with Crippen molar-refractivity contribution in [3.05, 3.63) is 35.4 Å². The largest absolute Gasteiger partial charge is 0.336 e. The highest BCUT2D eigenvalue weighted by molar-refractivity contribution is 5.95. The van der Waals surface area contributed by atoms with Gasteiger partial charge in [0.2, 0.25) is 0 Å². The fourth-order valence-corrected chi connectivity index (χ4v) is 2.08. The van der Waals surface area contributed by atoms with Gasteiger partial charge in [-0.1, -0.05) is 6.07 Å². The lowest BCUT2D eigenvalue weighted by atomic mass is 10.1. The minimum atomic E-state index is -0.788. The summed E-state index contributed by atoms with van der Waals surface area (Å²) in [4.78, 5) is 13.5. The molecule has 1 aliphatic heterocycles. The van der Waals surface area contributed by atoms with Crippen LogP contribution in [0.4, 0.5) is 8.78 Å². The first-order valence-electron chi connectivity index (χ1n) is 5.36. The van der Waals surface area contributed by atoms with Gasteiger partial charge in [0.05, 0.1) is 0 Å². The number of hydrogen-bond acceptors (Lipinski definition) is 1. The molecule has 1 amide bonds. The molecule has 1 aliphatic rings. The quantitative estimate of drug-likeness (QED) is 0.719. The molecule has 1 fully saturated rings. The molecule has 1 unspecified atom stereocenters. The van der Waals surface area contributed by atoms with Crippen LogP contribution in [0.1, 0.15) is 30.1 Å². The predicted octanol–water partition coefficient (Wildman–Crippen LogP) is 2.59. The summed E-state index contributed by atoms with van der Waals surface area (Å²) in [7, 11) is 0. The smallest absolute Gasteiger partial charge is 0.260 e. The molecule has 0 spiro atoms. The van der Waals surface area contributed by atoms with Gasteiger partial charge in [-0.05, 0) is 31.9 Å². The highest BCUT2D eigenvalue weighted by Crippen LogP contribution is 2.22. The van der Waals surface area contributed by atoms with Crippen LogP contribution in [-0.2, 0) is 0 Å². The van der Waals surface area contributed by atoms with E-state index >= 15 is 0 Å². The number of amides is 1. The van der Waals surface area contributed by atoms with Crippen LogP contribution < -0.4 is 0 Å². The van der Waals surface area contributed by atoms with Crippen molar-refractivity contribution in [1.29, 1.82) is 0 Å². The van der Waals surface area contributed by atoms with E-state index in [9.17, 15) is 13.6 Å². The second-order valence-corrected chi connectivity index (χ2v) is 4.09. The van der Waals surface area contributed by atoms with Crippen LogP contribution in [0.25, 0.3) is 0 Å². The van der Waals surface area contributed by atoms with Crippen molar-refractivity contribution in [2.24, 2.45) is 0 Å². The van der Waals surface area contributed by atoms with Gasteiger partial charge in [-0.15, -0.1) is 0 Å². The Kier molecular flexibility index (Phi) is 2.90. The lowest BCUT2D eigenvalue weighted by Crippen LogP contribution is -2.34. The molecule has 1 aromatic carbocycles. The van der Waals surface area contributed by atoms with Crippen LogP contribution in [-0.4, -0.2) is 23.4 Å². The summed E-state index contributed by atoms with van der Waals surface area (Å²) < 4.78 is 26.8. The second kappa shape index (κ2) is 4.20. The van der Waals surface area contributed by atoms with Crippen LogP contribution in [0, 0.1) is 11.6 Å². The Hall–Kier alpha value is -1.45.